The number of likely N-dealkylation sites (tertiary alicyclic amines) is 1. The first kappa shape index (κ1) is 22.3. The van der Waals surface area contributed by atoms with Crippen molar-refractivity contribution >= 4 is 17.5 Å². The molecular weight excluding hydrogens is 416 g/mol. The van der Waals surface area contributed by atoms with Gasteiger partial charge in [0, 0.05) is 18.8 Å². The lowest BCUT2D eigenvalue weighted by Crippen LogP contribution is -2.37. The number of methoxy groups -OCH3 is 1. The lowest BCUT2D eigenvalue weighted by atomic mass is 10.1. The monoisotopic (exact) mass is 446 g/mol. The molecule has 172 valence electrons. The predicted octanol–water partition coefficient (Wildman–Crippen LogP) is 3.94. The SMILES string of the molecule is C=C(/N=C1/N=C(Oc2cccc(C)c2)N/C1=C(/N)N1CCCCC1)Nc1ccc(OC)cc1. The Labute approximate surface area is 194 Å². The van der Waals surface area contributed by atoms with Crippen LogP contribution in [0.5, 0.6) is 11.5 Å². The molecule has 4 N–H and O–H groups in total. The number of rotatable bonds is 6. The van der Waals surface area contributed by atoms with Crippen molar-refractivity contribution in [2.24, 2.45) is 15.7 Å². The Morgan fingerprint density at radius 2 is 1.88 bits per heavy atom. The minimum Gasteiger partial charge on any atom is -0.497 e. The van der Waals surface area contributed by atoms with E-state index in [1.165, 1.54) is 6.42 Å². The molecule has 33 heavy (non-hydrogen) atoms. The van der Waals surface area contributed by atoms with E-state index in [1.54, 1.807) is 7.11 Å². The van der Waals surface area contributed by atoms with E-state index in [9.17, 15) is 0 Å². The first-order valence-electron chi connectivity index (χ1n) is 11.1. The van der Waals surface area contributed by atoms with E-state index in [1.807, 2.05) is 55.5 Å². The number of hydrogen-bond donors (Lipinski definition) is 3. The van der Waals surface area contributed by atoms with Crippen molar-refractivity contribution in [1.29, 1.82) is 0 Å². The number of nitrogens with one attached hydrogen (secondary N) is 2. The van der Waals surface area contributed by atoms with Crippen LogP contribution in [-0.2, 0) is 0 Å². The van der Waals surface area contributed by atoms with Crippen LogP contribution in [0.2, 0.25) is 0 Å². The number of nitrogens with zero attached hydrogens (tertiary/aromatic N) is 3. The molecule has 0 amide bonds. The highest BCUT2D eigenvalue weighted by Crippen LogP contribution is 2.21. The number of aliphatic imine (C=N–C) groups is 2. The summed E-state index contributed by atoms with van der Waals surface area (Å²) >= 11 is 0. The van der Waals surface area contributed by atoms with Gasteiger partial charge in [0.1, 0.15) is 28.8 Å². The fourth-order valence-electron chi connectivity index (χ4n) is 3.73. The van der Waals surface area contributed by atoms with Crippen molar-refractivity contribution < 1.29 is 9.47 Å². The third-order valence-electron chi connectivity index (χ3n) is 5.44. The van der Waals surface area contributed by atoms with Gasteiger partial charge in [0.25, 0.3) is 0 Å². The van der Waals surface area contributed by atoms with Crippen molar-refractivity contribution in [2.75, 3.05) is 25.5 Å². The number of ether oxygens (including phenoxy) is 2. The molecule has 1 saturated heterocycles. The smallest absolute Gasteiger partial charge is 0.301 e. The number of hydrogen-bond acceptors (Lipinski definition) is 7. The second-order valence-electron chi connectivity index (χ2n) is 8.00. The third-order valence-corrected chi connectivity index (χ3v) is 5.44. The maximum atomic E-state index is 6.55. The summed E-state index contributed by atoms with van der Waals surface area (Å²) in [6.07, 6.45) is 3.44. The molecule has 0 aliphatic carbocycles. The van der Waals surface area contributed by atoms with Crippen LogP contribution in [0.15, 0.2) is 82.4 Å². The van der Waals surface area contributed by atoms with Crippen molar-refractivity contribution in [3.05, 3.63) is 78.0 Å². The Kier molecular flexibility index (Phi) is 6.83. The molecule has 0 atom stereocenters. The molecule has 4 rings (SSSR count). The summed E-state index contributed by atoms with van der Waals surface area (Å²) in [5.74, 6) is 2.93. The van der Waals surface area contributed by atoms with Gasteiger partial charge in [-0.2, -0.15) is 4.99 Å². The van der Waals surface area contributed by atoms with Crippen LogP contribution in [0, 0.1) is 6.92 Å². The Morgan fingerprint density at radius 1 is 1.12 bits per heavy atom. The van der Waals surface area contributed by atoms with Gasteiger partial charge in [-0.15, -0.1) is 0 Å². The van der Waals surface area contributed by atoms with Crippen LogP contribution in [0.1, 0.15) is 24.8 Å². The topological polar surface area (TPSA) is 96.5 Å². The Morgan fingerprint density at radius 3 is 2.58 bits per heavy atom. The highest BCUT2D eigenvalue weighted by atomic mass is 16.5. The van der Waals surface area contributed by atoms with Crippen molar-refractivity contribution in [3.8, 4) is 11.5 Å². The zero-order valence-electron chi connectivity index (χ0n) is 19.1. The summed E-state index contributed by atoms with van der Waals surface area (Å²) in [7, 11) is 1.63. The third kappa shape index (κ3) is 5.65. The van der Waals surface area contributed by atoms with E-state index < -0.39 is 0 Å². The number of nitrogens with two attached hydrogens (primary N) is 1. The average Bonchev–Trinajstić information content (AvgIpc) is 3.21. The normalized spacial score (nSPS) is 18.4. The van der Waals surface area contributed by atoms with Crippen LogP contribution >= 0.6 is 0 Å². The molecule has 8 nitrogen and oxygen atoms in total. The average molecular weight is 447 g/mol. The standard InChI is InChI=1S/C25H30N6O2/c1-17-8-7-9-21(16-17)33-25-29-22(23(26)31-14-5-4-6-15-31)24(30-25)28-18(2)27-19-10-12-20(32-3)13-11-19/h7-13,16,27H,2,4-6,14-15,26H2,1,3H3,(H,28,29,30)/b23-22-. The molecule has 0 spiro atoms. The van der Waals surface area contributed by atoms with E-state index in [4.69, 9.17) is 15.2 Å². The van der Waals surface area contributed by atoms with Gasteiger partial charge < -0.3 is 30.7 Å². The zero-order valence-corrected chi connectivity index (χ0v) is 19.1. The summed E-state index contributed by atoms with van der Waals surface area (Å²) < 4.78 is 11.2. The van der Waals surface area contributed by atoms with E-state index >= 15 is 0 Å². The minimum atomic E-state index is 0.326. The van der Waals surface area contributed by atoms with Crippen LogP contribution in [0.25, 0.3) is 0 Å². The van der Waals surface area contributed by atoms with Crippen molar-refractivity contribution in [1.82, 2.24) is 10.2 Å². The minimum absolute atomic E-state index is 0.326. The lowest BCUT2D eigenvalue weighted by Gasteiger charge is -2.29. The fourth-order valence-corrected chi connectivity index (χ4v) is 3.73. The molecular formula is C25H30N6O2. The molecule has 0 unspecified atom stereocenters. The Bertz CT molecular complexity index is 1100. The van der Waals surface area contributed by atoms with E-state index in [0.29, 0.717) is 34.9 Å². The van der Waals surface area contributed by atoms with Gasteiger partial charge in [-0.1, -0.05) is 18.7 Å². The molecule has 2 aliphatic heterocycles. The number of benzene rings is 2. The number of amidine groups is 2. The number of piperidine rings is 1. The summed E-state index contributed by atoms with van der Waals surface area (Å²) in [4.78, 5) is 11.3. The highest BCUT2D eigenvalue weighted by molar-refractivity contribution is 6.12. The van der Waals surface area contributed by atoms with Crippen LogP contribution in [0.4, 0.5) is 5.69 Å². The largest absolute Gasteiger partial charge is 0.497 e. The maximum absolute atomic E-state index is 6.55. The lowest BCUT2D eigenvalue weighted by molar-refractivity contribution is 0.280. The zero-order chi connectivity index (χ0) is 23.2. The van der Waals surface area contributed by atoms with Gasteiger partial charge in [-0.3, -0.25) is 0 Å². The van der Waals surface area contributed by atoms with Gasteiger partial charge in [0.15, 0.2) is 5.84 Å². The first-order valence-corrected chi connectivity index (χ1v) is 11.1. The predicted molar refractivity (Wildman–Crippen MR) is 132 cm³/mol. The second-order valence-corrected chi connectivity index (χ2v) is 8.00. The molecule has 1 fully saturated rings. The van der Waals surface area contributed by atoms with Gasteiger partial charge in [0.05, 0.1) is 7.11 Å². The molecule has 2 aromatic carbocycles. The van der Waals surface area contributed by atoms with Crippen LogP contribution in [-0.4, -0.2) is 37.0 Å². The van der Waals surface area contributed by atoms with Gasteiger partial charge in [-0.25, -0.2) is 4.99 Å². The molecule has 0 saturated carbocycles. The molecule has 2 heterocycles. The van der Waals surface area contributed by atoms with Crippen molar-refractivity contribution in [3.63, 3.8) is 0 Å². The Hall–Kier alpha value is -3.94. The quantitative estimate of drug-likeness (QED) is 0.622. The van der Waals surface area contributed by atoms with Crippen LogP contribution in [0.3, 0.4) is 0 Å². The van der Waals surface area contributed by atoms with Gasteiger partial charge in [0.2, 0.25) is 0 Å². The number of anilines is 1. The number of aryl methyl sites for hydroxylation is 1. The summed E-state index contributed by atoms with van der Waals surface area (Å²) in [6, 6.07) is 15.6. The second kappa shape index (κ2) is 10.1. The molecule has 0 bridgehead atoms. The molecule has 0 aromatic heterocycles. The fraction of sp³-hybridized carbons (Fsp3) is 0.280. The molecule has 0 radical (unpaired) electrons. The Balaban J connectivity index is 1.58. The first-order chi connectivity index (χ1) is 16.0. The maximum Gasteiger partial charge on any atom is 0.301 e. The molecule has 2 aromatic rings. The van der Waals surface area contributed by atoms with Gasteiger partial charge in [-0.05, 0) is 68.1 Å². The van der Waals surface area contributed by atoms with E-state index in [-0.39, 0.29) is 0 Å². The molecule has 2 aliphatic rings. The van der Waals surface area contributed by atoms with E-state index in [0.717, 1.165) is 42.9 Å². The van der Waals surface area contributed by atoms with Gasteiger partial charge >= 0.3 is 6.02 Å². The highest BCUT2D eigenvalue weighted by Gasteiger charge is 2.26. The van der Waals surface area contributed by atoms with Crippen molar-refractivity contribution in [2.45, 2.75) is 26.2 Å². The summed E-state index contributed by atoms with van der Waals surface area (Å²) in [6.45, 7) is 7.86. The summed E-state index contributed by atoms with van der Waals surface area (Å²) in [5, 5.41) is 6.39. The molecule has 8 heteroatoms. The van der Waals surface area contributed by atoms with Crippen LogP contribution < -0.4 is 25.8 Å². The summed E-state index contributed by atoms with van der Waals surface area (Å²) in [5.41, 5.74) is 9.11. The van der Waals surface area contributed by atoms with E-state index in [2.05, 4.69) is 32.1 Å².